The predicted molar refractivity (Wildman–Crippen MR) is 110 cm³/mol. The van der Waals surface area contributed by atoms with Crippen molar-refractivity contribution in [2.24, 2.45) is 0 Å². The average Bonchev–Trinajstić information content (AvgIpc) is 2.63. The van der Waals surface area contributed by atoms with Crippen LogP contribution in [0, 0.1) is 0 Å². The second kappa shape index (κ2) is 9.16. The van der Waals surface area contributed by atoms with E-state index >= 15 is 0 Å². The lowest BCUT2D eigenvalue weighted by atomic mass is 9.79. The smallest absolute Gasteiger partial charge is 0.416 e. The Hall–Kier alpha value is -2.77. The first-order valence-corrected chi connectivity index (χ1v) is 10.00. The third kappa shape index (κ3) is 5.29. The van der Waals surface area contributed by atoms with Gasteiger partial charge in [-0.05, 0) is 59.2 Å². The molecule has 1 aromatic carbocycles. The minimum absolute atomic E-state index is 0.192. The molecule has 0 amide bonds. The lowest BCUT2D eigenvalue weighted by Crippen LogP contribution is -2.34. The van der Waals surface area contributed by atoms with Gasteiger partial charge in [-0.1, -0.05) is 12.1 Å². The molecular formula is C23H28F3NO4. The van der Waals surface area contributed by atoms with Crippen molar-refractivity contribution in [1.29, 1.82) is 0 Å². The molecule has 0 radical (unpaired) electrons. The molecule has 0 saturated carbocycles. The van der Waals surface area contributed by atoms with Crippen LogP contribution in [0.5, 0.6) is 0 Å². The number of benzene rings is 1. The lowest BCUT2D eigenvalue weighted by molar-refractivity contribution is -0.144. The molecule has 0 aliphatic carbocycles. The zero-order valence-corrected chi connectivity index (χ0v) is 18.8. The molecule has 170 valence electrons. The number of esters is 2. The summed E-state index contributed by atoms with van der Waals surface area (Å²) in [7, 11) is 1.71. The van der Waals surface area contributed by atoms with E-state index in [9.17, 15) is 22.8 Å². The minimum Gasteiger partial charge on any atom is -0.460 e. The van der Waals surface area contributed by atoms with Crippen LogP contribution in [-0.2, 0) is 25.2 Å². The van der Waals surface area contributed by atoms with Crippen molar-refractivity contribution in [2.75, 3.05) is 7.05 Å². The Morgan fingerprint density at radius 3 is 1.58 bits per heavy atom. The highest BCUT2D eigenvalue weighted by Crippen LogP contribution is 2.43. The zero-order valence-electron chi connectivity index (χ0n) is 18.8. The Labute approximate surface area is 180 Å². The van der Waals surface area contributed by atoms with Gasteiger partial charge in [-0.3, -0.25) is 0 Å². The summed E-state index contributed by atoms with van der Waals surface area (Å²) >= 11 is 0. The van der Waals surface area contributed by atoms with Crippen molar-refractivity contribution in [3.63, 3.8) is 0 Å². The molecule has 1 heterocycles. The molecule has 0 saturated heterocycles. The fourth-order valence-corrected chi connectivity index (χ4v) is 3.46. The number of carbonyl (C=O) groups excluding carboxylic acids is 2. The lowest BCUT2D eigenvalue weighted by Gasteiger charge is -2.36. The van der Waals surface area contributed by atoms with Crippen LogP contribution in [0.4, 0.5) is 13.2 Å². The van der Waals surface area contributed by atoms with Crippen molar-refractivity contribution >= 4 is 11.9 Å². The van der Waals surface area contributed by atoms with E-state index in [1.807, 2.05) is 0 Å². The van der Waals surface area contributed by atoms with Gasteiger partial charge in [-0.25, -0.2) is 9.59 Å². The normalized spacial score (nSPS) is 15.8. The second-order valence-electron chi connectivity index (χ2n) is 8.02. The maximum atomic E-state index is 13.1. The minimum atomic E-state index is -4.50. The molecule has 0 N–H and O–H groups in total. The van der Waals surface area contributed by atoms with E-state index in [2.05, 4.69) is 0 Å². The Kier molecular flexibility index (Phi) is 7.24. The second-order valence-corrected chi connectivity index (χ2v) is 8.02. The van der Waals surface area contributed by atoms with Crippen LogP contribution in [0.15, 0.2) is 46.8 Å². The Morgan fingerprint density at radius 2 is 1.26 bits per heavy atom. The molecule has 2 rings (SSSR count). The molecule has 8 heteroatoms. The Morgan fingerprint density at radius 1 is 0.871 bits per heavy atom. The van der Waals surface area contributed by atoms with Crippen LogP contribution < -0.4 is 0 Å². The molecule has 1 aliphatic heterocycles. The number of alkyl halides is 3. The molecule has 0 unspecified atom stereocenters. The topological polar surface area (TPSA) is 55.8 Å². The quantitative estimate of drug-likeness (QED) is 0.592. The zero-order chi connectivity index (χ0) is 23.7. The summed E-state index contributed by atoms with van der Waals surface area (Å²) in [5.74, 6) is -2.19. The molecule has 0 fully saturated rings. The summed E-state index contributed by atoms with van der Waals surface area (Å²) in [6, 6.07) is 4.44. The van der Waals surface area contributed by atoms with E-state index in [0.717, 1.165) is 12.1 Å². The van der Waals surface area contributed by atoms with Gasteiger partial charge in [0.25, 0.3) is 0 Å². The fraction of sp³-hybridized carbons (Fsp3) is 0.478. The number of carbonyl (C=O) groups is 2. The number of ether oxygens (including phenoxy) is 2. The van der Waals surface area contributed by atoms with Crippen molar-refractivity contribution in [1.82, 2.24) is 4.90 Å². The number of hydrogen-bond acceptors (Lipinski definition) is 5. The third-order valence-corrected chi connectivity index (χ3v) is 5.06. The number of halogens is 3. The SMILES string of the molecule is CC1=C(C(=O)OC(C)C)C(c2ccc(C(F)(F)F)cc2)C(C(=O)OC(C)C)=C(C)N1C. The Bertz CT molecular complexity index is 866. The Balaban J connectivity index is 2.70. The summed E-state index contributed by atoms with van der Waals surface area (Å²) in [5, 5.41) is 0. The summed E-state index contributed by atoms with van der Waals surface area (Å²) in [6.45, 7) is 10.2. The third-order valence-electron chi connectivity index (χ3n) is 5.06. The van der Waals surface area contributed by atoms with Crippen molar-refractivity contribution in [3.05, 3.63) is 57.9 Å². The number of nitrogens with zero attached hydrogens (tertiary/aromatic N) is 1. The van der Waals surface area contributed by atoms with Crippen LogP contribution in [0.3, 0.4) is 0 Å². The highest BCUT2D eigenvalue weighted by molar-refractivity contribution is 6.00. The van der Waals surface area contributed by atoms with E-state index in [-0.39, 0.29) is 11.1 Å². The van der Waals surface area contributed by atoms with Gasteiger partial charge in [-0.2, -0.15) is 13.2 Å². The molecule has 1 aromatic rings. The van der Waals surface area contributed by atoms with Crippen LogP contribution in [-0.4, -0.2) is 36.1 Å². The monoisotopic (exact) mass is 439 g/mol. The van der Waals surface area contributed by atoms with E-state index in [0.29, 0.717) is 17.0 Å². The van der Waals surface area contributed by atoms with Crippen molar-refractivity contribution in [2.45, 2.75) is 65.8 Å². The van der Waals surface area contributed by atoms with E-state index < -0.39 is 41.8 Å². The van der Waals surface area contributed by atoms with E-state index in [1.165, 1.54) is 12.1 Å². The summed E-state index contributed by atoms with van der Waals surface area (Å²) in [6.07, 6.45) is -5.32. The number of hydrogen-bond donors (Lipinski definition) is 0. The van der Waals surface area contributed by atoms with E-state index in [4.69, 9.17) is 9.47 Å². The molecule has 0 aromatic heterocycles. The molecule has 0 atom stereocenters. The van der Waals surface area contributed by atoms with Crippen LogP contribution >= 0.6 is 0 Å². The van der Waals surface area contributed by atoms with Gasteiger partial charge in [0, 0.05) is 18.4 Å². The van der Waals surface area contributed by atoms with E-state index in [1.54, 1.807) is 53.5 Å². The van der Waals surface area contributed by atoms with Gasteiger partial charge >= 0.3 is 18.1 Å². The summed E-state index contributed by atoms with van der Waals surface area (Å²) in [4.78, 5) is 27.7. The standard InChI is InChI=1S/C23H28F3NO4/c1-12(2)30-21(28)18-14(5)27(7)15(6)19(22(29)31-13(3)4)20(18)16-8-10-17(11-9-16)23(24,25)26/h8-13,20H,1-7H3. The fourth-order valence-electron chi connectivity index (χ4n) is 3.46. The van der Waals surface area contributed by atoms with Crippen molar-refractivity contribution in [3.8, 4) is 0 Å². The maximum absolute atomic E-state index is 13.1. The molecule has 0 bridgehead atoms. The number of rotatable bonds is 5. The van der Waals surface area contributed by atoms with Gasteiger partial charge < -0.3 is 14.4 Å². The van der Waals surface area contributed by atoms with Crippen LogP contribution in [0.25, 0.3) is 0 Å². The van der Waals surface area contributed by atoms with Crippen molar-refractivity contribution < 1.29 is 32.2 Å². The molecule has 0 spiro atoms. The average molecular weight is 439 g/mol. The first-order chi connectivity index (χ1) is 14.3. The van der Waals surface area contributed by atoms with Crippen LogP contribution in [0.1, 0.15) is 58.6 Å². The largest absolute Gasteiger partial charge is 0.460 e. The predicted octanol–water partition coefficient (Wildman–Crippen LogP) is 5.19. The maximum Gasteiger partial charge on any atom is 0.416 e. The first kappa shape index (κ1) is 24.5. The number of allylic oxidation sites excluding steroid dienone is 2. The van der Waals surface area contributed by atoms with Gasteiger partial charge in [0.15, 0.2) is 0 Å². The summed E-state index contributed by atoms with van der Waals surface area (Å²) < 4.78 is 50.0. The molecular weight excluding hydrogens is 411 g/mol. The molecule has 31 heavy (non-hydrogen) atoms. The highest BCUT2D eigenvalue weighted by Gasteiger charge is 2.40. The van der Waals surface area contributed by atoms with Gasteiger partial charge in [0.2, 0.25) is 0 Å². The van der Waals surface area contributed by atoms with Crippen LogP contribution in [0.2, 0.25) is 0 Å². The van der Waals surface area contributed by atoms with Gasteiger partial charge in [0.05, 0.1) is 34.8 Å². The summed E-state index contributed by atoms with van der Waals surface area (Å²) in [5.41, 5.74) is 1.03. The first-order valence-electron chi connectivity index (χ1n) is 10.00. The van der Waals surface area contributed by atoms with Gasteiger partial charge in [0.1, 0.15) is 0 Å². The van der Waals surface area contributed by atoms with Gasteiger partial charge in [-0.15, -0.1) is 0 Å². The molecule has 1 aliphatic rings. The highest BCUT2D eigenvalue weighted by atomic mass is 19.4. The molecule has 5 nitrogen and oxygen atoms in total.